The first-order valence-corrected chi connectivity index (χ1v) is 12.4. The van der Waals surface area contributed by atoms with E-state index in [-0.39, 0.29) is 6.00 Å². The summed E-state index contributed by atoms with van der Waals surface area (Å²) in [6.07, 6.45) is 1.16. The normalized spacial score (nSPS) is 12.2. The first-order chi connectivity index (χ1) is 17.8. The van der Waals surface area contributed by atoms with Crippen LogP contribution in [0.4, 0.5) is 18.9 Å². The van der Waals surface area contributed by atoms with Crippen LogP contribution in [0.15, 0.2) is 63.8 Å². The van der Waals surface area contributed by atoms with Crippen molar-refractivity contribution in [2.24, 2.45) is 9.98 Å². The van der Waals surface area contributed by atoms with Crippen molar-refractivity contribution in [3.8, 4) is 5.88 Å². The number of anilines is 1. The van der Waals surface area contributed by atoms with E-state index in [0.29, 0.717) is 43.7 Å². The Morgan fingerprint density at radius 2 is 1.92 bits per heavy atom. The van der Waals surface area contributed by atoms with Gasteiger partial charge in [0.2, 0.25) is 5.88 Å². The minimum absolute atomic E-state index is 0.0670. The molecule has 0 unspecified atom stereocenters. The number of alkyl halides is 4. The number of benzene rings is 1. The number of unbranched alkanes of at least 4 members (excludes halogenated alkanes) is 1. The van der Waals surface area contributed by atoms with E-state index in [2.05, 4.69) is 27.0 Å². The molecule has 0 spiro atoms. The molecule has 2 aromatic rings. The second-order valence-corrected chi connectivity index (χ2v) is 8.01. The van der Waals surface area contributed by atoms with Gasteiger partial charge in [-0.1, -0.05) is 25.1 Å². The summed E-state index contributed by atoms with van der Waals surface area (Å²) in [5.41, 5.74) is 3.30. The third-order valence-corrected chi connectivity index (χ3v) is 5.60. The van der Waals surface area contributed by atoms with Gasteiger partial charge in [-0.05, 0) is 74.6 Å². The Balaban J connectivity index is 0.00000334. The van der Waals surface area contributed by atoms with Crippen LogP contribution in [0.5, 0.6) is 5.88 Å². The van der Waals surface area contributed by atoms with E-state index in [4.69, 9.17) is 21.1 Å². The molecule has 0 radical (unpaired) electrons. The number of aryl methyl sites for hydroxylation is 1. The van der Waals surface area contributed by atoms with Gasteiger partial charge in [0, 0.05) is 24.7 Å². The number of nitrogens with zero attached hydrogens (tertiary/aromatic N) is 3. The summed E-state index contributed by atoms with van der Waals surface area (Å²) in [5.74, 6) is 0.563. The van der Waals surface area contributed by atoms with Gasteiger partial charge in [0.05, 0.1) is 17.9 Å². The summed E-state index contributed by atoms with van der Waals surface area (Å²) >= 11 is 5.91. The molecule has 0 aliphatic rings. The van der Waals surface area contributed by atoms with Gasteiger partial charge in [0.1, 0.15) is 12.8 Å². The average Bonchev–Trinajstić information content (AvgIpc) is 2.91. The van der Waals surface area contributed by atoms with Crippen LogP contribution in [0.2, 0.25) is 0 Å². The Labute approximate surface area is 221 Å². The monoisotopic (exact) mass is 538 g/mol. The molecule has 0 bridgehead atoms. The largest absolute Gasteiger partial charge is 0.476 e. The highest BCUT2D eigenvalue weighted by molar-refractivity contribution is 6.18. The van der Waals surface area contributed by atoms with Crippen LogP contribution in [0.3, 0.4) is 0 Å². The van der Waals surface area contributed by atoms with Crippen LogP contribution >= 0.6 is 11.6 Å². The number of carbonyl (C=O) groups excluding carboxylic acids is 1. The minimum Gasteiger partial charge on any atom is -0.476 e. The lowest BCUT2D eigenvalue weighted by Crippen LogP contribution is -2.09. The lowest BCUT2D eigenvalue weighted by atomic mass is 9.96. The molecule has 0 atom stereocenters. The Morgan fingerprint density at radius 1 is 1.16 bits per heavy atom. The van der Waals surface area contributed by atoms with E-state index in [1.54, 1.807) is 12.3 Å². The van der Waals surface area contributed by atoms with Crippen LogP contribution in [-0.2, 0) is 17.4 Å². The Hall–Kier alpha value is -3.20. The molecule has 1 heterocycles. The summed E-state index contributed by atoms with van der Waals surface area (Å²) in [7, 11) is 1.82. The van der Waals surface area contributed by atoms with Crippen molar-refractivity contribution in [2.45, 2.75) is 51.6 Å². The van der Waals surface area contributed by atoms with Crippen molar-refractivity contribution in [1.82, 2.24) is 4.98 Å². The molecule has 1 aromatic carbocycles. The Morgan fingerprint density at radius 3 is 2.54 bits per heavy atom. The van der Waals surface area contributed by atoms with Crippen LogP contribution in [0.1, 0.15) is 50.2 Å². The quantitative estimate of drug-likeness (QED) is 0.120. The van der Waals surface area contributed by atoms with E-state index in [1.807, 2.05) is 32.9 Å². The fraction of sp³-hybridized carbons (Fsp3) is 0.407. The van der Waals surface area contributed by atoms with Gasteiger partial charge < -0.3 is 14.8 Å². The van der Waals surface area contributed by atoms with Crippen molar-refractivity contribution in [2.75, 3.05) is 25.0 Å². The molecule has 0 saturated carbocycles. The lowest BCUT2D eigenvalue weighted by molar-refractivity contribution is -0.137. The number of hydrogen-bond acceptors (Lipinski definition) is 6. The SMILES string of the molecule is C=N/C(CCCCOc1ncccc1NC)=C(CC)\C(CCc1cccc(C(F)(F)F)c1)=N/CCl.C=O. The molecule has 0 amide bonds. The number of nitrogens with one attached hydrogen (secondary N) is 1. The molecule has 37 heavy (non-hydrogen) atoms. The van der Waals surface area contributed by atoms with E-state index in [9.17, 15) is 13.2 Å². The van der Waals surface area contributed by atoms with Crippen molar-refractivity contribution < 1.29 is 22.7 Å². The highest BCUT2D eigenvalue weighted by Crippen LogP contribution is 2.30. The third kappa shape index (κ3) is 10.8. The molecule has 1 aromatic heterocycles. The number of aliphatic imine (C=N–C) groups is 2. The van der Waals surface area contributed by atoms with Crippen LogP contribution in [0, 0.1) is 0 Å². The fourth-order valence-electron chi connectivity index (χ4n) is 3.72. The summed E-state index contributed by atoms with van der Waals surface area (Å²) in [5, 5.41) is 3.05. The number of carbonyl (C=O) groups is 1. The van der Waals surface area contributed by atoms with E-state index in [1.165, 1.54) is 12.1 Å². The second-order valence-electron chi connectivity index (χ2n) is 7.77. The zero-order valence-corrected chi connectivity index (χ0v) is 22.0. The van der Waals surface area contributed by atoms with E-state index < -0.39 is 11.7 Å². The predicted octanol–water partition coefficient (Wildman–Crippen LogP) is 7.14. The molecule has 0 aliphatic carbocycles. The third-order valence-electron chi connectivity index (χ3n) is 5.48. The Bertz CT molecular complexity index is 1040. The van der Waals surface area contributed by atoms with Gasteiger partial charge in [0.25, 0.3) is 0 Å². The standard InChI is InChI=1S/C26H32ClF3N4O.CH2O/c1-4-21(22(31-2)11-5-6-16-35-25-24(32-3)12-8-15-33-25)23(34-18-27)14-13-19-9-7-10-20(17-19)26(28,29)30;1-2/h7-10,12,15,17,32H,2,4-6,11,13-14,16,18H2,1,3H3;1H2/b22-21-,34-23-;. The molecular formula is C27H34ClF3N4O2. The van der Waals surface area contributed by atoms with Crippen molar-refractivity contribution in [1.29, 1.82) is 0 Å². The van der Waals surface area contributed by atoms with Gasteiger partial charge in [-0.3, -0.25) is 9.98 Å². The average molecular weight is 539 g/mol. The molecule has 0 aliphatic heterocycles. The van der Waals surface area contributed by atoms with Gasteiger partial charge >= 0.3 is 6.18 Å². The first-order valence-electron chi connectivity index (χ1n) is 11.8. The number of halogens is 4. The molecule has 202 valence electrons. The maximum atomic E-state index is 13.0. The molecule has 0 fully saturated rings. The summed E-state index contributed by atoms with van der Waals surface area (Å²) in [4.78, 5) is 20.9. The number of ether oxygens (including phenoxy) is 1. The maximum Gasteiger partial charge on any atom is 0.416 e. The van der Waals surface area contributed by atoms with Gasteiger partial charge in [0.15, 0.2) is 0 Å². The summed E-state index contributed by atoms with van der Waals surface area (Å²) < 4.78 is 44.9. The van der Waals surface area contributed by atoms with Crippen LogP contribution in [0.25, 0.3) is 0 Å². The van der Waals surface area contributed by atoms with E-state index >= 15 is 0 Å². The number of allylic oxidation sites excluding steroid dienone is 2. The van der Waals surface area contributed by atoms with Crippen LogP contribution in [-0.4, -0.2) is 43.9 Å². The predicted molar refractivity (Wildman–Crippen MR) is 145 cm³/mol. The van der Waals surface area contributed by atoms with Crippen molar-refractivity contribution in [3.63, 3.8) is 0 Å². The van der Waals surface area contributed by atoms with Gasteiger partial charge in [-0.25, -0.2) is 4.98 Å². The van der Waals surface area contributed by atoms with E-state index in [0.717, 1.165) is 41.6 Å². The topological polar surface area (TPSA) is 75.9 Å². The molecule has 1 N–H and O–H groups in total. The number of aromatic nitrogens is 1. The zero-order chi connectivity index (χ0) is 27.7. The molecular weight excluding hydrogens is 505 g/mol. The molecule has 6 nitrogen and oxygen atoms in total. The maximum absolute atomic E-state index is 13.0. The highest BCUT2D eigenvalue weighted by atomic mass is 35.5. The molecule has 10 heteroatoms. The first kappa shape index (κ1) is 31.8. The smallest absolute Gasteiger partial charge is 0.416 e. The fourth-order valence-corrected chi connectivity index (χ4v) is 3.87. The summed E-state index contributed by atoms with van der Waals surface area (Å²) in [6.45, 7) is 8.24. The second kappa shape index (κ2) is 17.3. The van der Waals surface area contributed by atoms with Crippen molar-refractivity contribution >= 4 is 36.5 Å². The van der Waals surface area contributed by atoms with Crippen LogP contribution < -0.4 is 10.1 Å². The summed E-state index contributed by atoms with van der Waals surface area (Å²) in [6, 6.07) is 9.18. The van der Waals surface area contributed by atoms with Crippen molar-refractivity contribution in [3.05, 3.63) is 65.0 Å². The van der Waals surface area contributed by atoms with Gasteiger partial charge in [-0.15, -0.1) is 11.6 Å². The highest BCUT2D eigenvalue weighted by Gasteiger charge is 2.30. The lowest BCUT2D eigenvalue weighted by Gasteiger charge is -2.15. The zero-order valence-electron chi connectivity index (χ0n) is 21.3. The van der Waals surface area contributed by atoms with Gasteiger partial charge in [-0.2, -0.15) is 13.2 Å². The number of rotatable bonds is 14. The number of pyridine rings is 1. The Kier molecular flexibility index (Phi) is 14.9. The molecule has 0 saturated heterocycles. The molecule has 2 rings (SSSR count). The number of hydrogen-bond donors (Lipinski definition) is 1. The minimum atomic E-state index is -4.37.